The van der Waals surface area contributed by atoms with Crippen molar-refractivity contribution in [3.63, 3.8) is 0 Å². The molecule has 1 heterocycles. The van der Waals surface area contributed by atoms with Crippen molar-refractivity contribution in [1.82, 2.24) is 10.0 Å². The average Bonchev–Trinajstić information content (AvgIpc) is 2.84. The molecule has 1 aromatic rings. The molecule has 4 nitrogen and oxygen atoms in total. The van der Waals surface area contributed by atoms with Crippen LogP contribution in [0.1, 0.15) is 18.4 Å². The van der Waals surface area contributed by atoms with Gasteiger partial charge in [0.25, 0.3) is 0 Å². The van der Waals surface area contributed by atoms with Crippen LogP contribution in [-0.4, -0.2) is 27.5 Å². The molecule has 7 heteroatoms. The van der Waals surface area contributed by atoms with Crippen LogP contribution >= 0.6 is 31.9 Å². The largest absolute Gasteiger partial charge is 0.313 e. The lowest BCUT2D eigenvalue weighted by molar-refractivity contribution is 0.551. The summed E-state index contributed by atoms with van der Waals surface area (Å²) in [5.74, 6) is 0. The highest BCUT2D eigenvalue weighted by molar-refractivity contribution is 9.11. The number of sulfonamides is 1. The van der Waals surface area contributed by atoms with Gasteiger partial charge in [-0.15, -0.1) is 0 Å². The first-order valence-electron chi connectivity index (χ1n) is 6.09. The Labute approximate surface area is 130 Å². The van der Waals surface area contributed by atoms with Crippen LogP contribution < -0.4 is 10.0 Å². The van der Waals surface area contributed by atoms with E-state index in [1.54, 1.807) is 12.1 Å². The third-order valence-corrected chi connectivity index (χ3v) is 6.42. The van der Waals surface area contributed by atoms with Gasteiger partial charge in [0, 0.05) is 21.5 Å². The van der Waals surface area contributed by atoms with Gasteiger partial charge < -0.3 is 5.32 Å². The maximum absolute atomic E-state index is 12.3. The second-order valence-electron chi connectivity index (χ2n) is 4.68. The Morgan fingerprint density at radius 2 is 2.11 bits per heavy atom. The molecule has 0 aromatic heterocycles. The first-order valence-corrected chi connectivity index (χ1v) is 9.16. The molecule has 2 rings (SSSR count). The standard InChI is InChI=1S/C12H16Br2N2O2S/c1-8-5-11(14)12(6-10(8)13)19(17,18)16-7-9-3-2-4-15-9/h5-6,9,15-16H,2-4,7H2,1H3. The van der Waals surface area contributed by atoms with Crippen LogP contribution in [0.3, 0.4) is 0 Å². The normalized spacial score (nSPS) is 19.8. The lowest BCUT2D eigenvalue weighted by Gasteiger charge is -2.13. The van der Waals surface area contributed by atoms with Crippen molar-refractivity contribution in [2.24, 2.45) is 0 Å². The second kappa shape index (κ2) is 6.22. The number of aryl methyl sites for hydroxylation is 1. The van der Waals surface area contributed by atoms with E-state index in [0.29, 0.717) is 11.0 Å². The van der Waals surface area contributed by atoms with E-state index in [0.717, 1.165) is 29.4 Å². The molecule has 1 saturated heterocycles. The summed E-state index contributed by atoms with van der Waals surface area (Å²) >= 11 is 6.68. The third-order valence-electron chi connectivity index (χ3n) is 3.18. The molecule has 2 N–H and O–H groups in total. The predicted molar refractivity (Wildman–Crippen MR) is 82.8 cm³/mol. The van der Waals surface area contributed by atoms with Gasteiger partial charge in [-0.05, 0) is 59.9 Å². The third kappa shape index (κ3) is 3.78. The summed E-state index contributed by atoms with van der Waals surface area (Å²) in [5, 5.41) is 3.27. The van der Waals surface area contributed by atoms with Crippen molar-refractivity contribution in [3.05, 3.63) is 26.6 Å². The van der Waals surface area contributed by atoms with Gasteiger partial charge in [-0.2, -0.15) is 0 Å². The number of benzene rings is 1. The smallest absolute Gasteiger partial charge is 0.241 e. The van der Waals surface area contributed by atoms with Crippen molar-refractivity contribution in [2.45, 2.75) is 30.7 Å². The fourth-order valence-electron chi connectivity index (χ4n) is 2.05. The van der Waals surface area contributed by atoms with Crippen molar-refractivity contribution in [3.8, 4) is 0 Å². The summed E-state index contributed by atoms with van der Waals surface area (Å²) in [6.07, 6.45) is 2.12. The summed E-state index contributed by atoms with van der Waals surface area (Å²) in [7, 11) is -3.48. The highest BCUT2D eigenvalue weighted by atomic mass is 79.9. The molecule has 1 unspecified atom stereocenters. The molecule has 0 radical (unpaired) electrons. The summed E-state index contributed by atoms with van der Waals surface area (Å²) in [6, 6.07) is 3.67. The fourth-order valence-corrected chi connectivity index (χ4v) is 4.81. The molecule has 1 aliphatic heterocycles. The Balaban J connectivity index is 2.16. The Morgan fingerprint density at radius 3 is 2.74 bits per heavy atom. The fraction of sp³-hybridized carbons (Fsp3) is 0.500. The van der Waals surface area contributed by atoms with E-state index in [1.807, 2.05) is 6.92 Å². The molecule has 1 aromatic carbocycles. The molecule has 0 amide bonds. The lowest BCUT2D eigenvalue weighted by Crippen LogP contribution is -2.37. The second-order valence-corrected chi connectivity index (χ2v) is 8.12. The quantitative estimate of drug-likeness (QED) is 0.800. The van der Waals surface area contributed by atoms with E-state index in [4.69, 9.17) is 0 Å². The molecule has 19 heavy (non-hydrogen) atoms. The van der Waals surface area contributed by atoms with Gasteiger partial charge in [0.15, 0.2) is 0 Å². The zero-order valence-corrected chi connectivity index (χ0v) is 14.5. The summed E-state index contributed by atoms with van der Waals surface area (Å²) in [6.45, 7) is 3.31. The van der Waals surface area contributed by atoms with Crippen LogP contribution in [0.4, 0.5) is 0 Å². The first kappa shape index (κ1) is 15.4. The van der Waals surface area contributed by atoms with Crippen LogP contribution in [0, 0.1) is 6.92 Å². The Kier molecular flexibility index (Phi) is 5.05. The van der Waals surface area contributed by atoms with Gasteiger partial charge in [0.05, 0.1) is 4.90 Å². The molecule has 1 atom stereocenters. The highest BCUT2D eigenvalue weighted by Crippen LogP contribution is 2.28. The number of hydrogen-bond donors (Lipinski definition) is 2. The van der Waals surface area contributed by atoms with Crippen LogP contribution in [0.15, 0.2) is 26.0 Å². The molecule has 1 aliphatic rings. The summed E-state index contributed by atoms with van der Waals surface area (Å²) in [4.78, 5) is 0.267. The molecular weight excluding hydrogens is 396 g/mol. The van der Waals surface area contributed by atoms with Gasteiger partial charge in [-0.3, -0.25) is 0 Å². The van der Waals surface area contributed by atoms with E-state index in [-0.39, 0.29) is 10.9 Å². The topological polar surface area (TPSA) is 58.2 Å². The molecule has 0 saturated carbocycles. The summed E-state index contributed by atoms with van der Waals surface area (Å²) < 4.78 is 28.6. The molecule has 0 bridgehead atoms. The van der Waals surface area contributed by atoms with Gasteiger partial charge in [0.1, 0.15) is 0 Å². The average molecular weight is 412 g/mol. The van der Waals surface area contributed by atoms with Crippen molar-refractivity contribution < 1.29 is 8.42 Å². The van der Waals surface area contributed by atoms with E-state index < -0.39 is 10.0 Å². The van der Waals surface area contributed by atoms with Gasteiger partial charge in [-0.25, -0.2) is 13.1 Å². The lowest BCUT2D eigenvalue weighted by atomic mass is 10.2. The molecule has 0 aliphatic carbocycles. The van der Waals surface area contributed by atoms with Crippen LogP contribution in [0.5, 0.6) is 0 Å². The number of rotatable bonds is 4. The van der Waals surface area contributed by atoms with Crippen LogP contribution in [0.2, 0.25) is 0 Å². The van der Waals surface area contributed by atoms with E-state index >= 15 is 0 Å². The Bertz CT molecular complexity index is 569. The Morgan fingerprint density at radius 1 is 1.37 bits per heavy atom. The van der Waals surface area contributed by atoms with Gasteiger partial charge >= 0.3 is 0 Å². The maximum atomic E-state index is 12.3. The minimum absolute atomic E-state index is 0.238. The predicted octanol–water partition coefficient (Wildman–Crippen LogP) is 2.55. The maximum Gasteiger partial charge on any atom is 0.241 e. The van der Waals surface area contributed by atoms with Crippen molar-refractivity contribution >= 4 is 41.9 Å². The Hall–Kier alpha value is 0.0500. The van der Waals surface area contributed by atoms with Crippen LogP contribution in [-0.2, 0) is 10.0 Å². The van der Waals surface area contributed by atoms with Crippen LogP contribution in [0.25, 0.3) is 0 Å². The summed E-state index contributed by atoms with van der Waals surface area (Å²) in [5.41, 5.74) is 0.989. The van der Waals surface area contributed by atoms with E-state index in [2.05, 4.69) is 41.9 Å². The monoisotopic (exact) mass is 410 g/mol. The first-order chi connectivity index (χ1) is 8.90. The van der Waals surface area contributed by atoms with Gasteiger partial charge in [0.2, 0.25) is 10.0 Å². The van der Waals surface area contributed by atoms with Gasteiger partial charge in [-0.1, -0.05) is 15.9 Å². The SMILES string of the molecule is Cc1cc(Br)c(S(=O)(=O)NCC2CCCN2)cc1Br. The van der Waals surface area contributed by atoms with Crippen molar-refractivity contribution in [2.75, 3.05) is 13.1 Å². The molecule has 1 fully saturated rings. The molecule has 0 spiro atoms. The van der Waals surface area contributed by atoms with Crippen molar-refractivity contribution in [1.29, 1.82) is 0 Å². The molecule has 106 valence electrons. The van der Waals surface area contributed by atoms with E-state index in [9.17, 15) is 8.42 Å². The number of nitrogens with one attached hydrogen (secondary N) is 2. The highest BCUT2D eigenvalue weighted by Gasteiger charge is 2.21. The number of halogens is 2. The minimum atomic E-state index is -3.48. The zero-order valence-electron chi connectivity index (χ0n) is 10.5. The number of hydrogen-bond acceptors (Lipinski definition) is 3. The minimum Gasteiger partial charge on any atom is -0.313 e. The van der Waals surface area contributed by atoms with E-state index in [1.165, 1.54) is 0 Å². The molecular formula is C12H16Br2N2O2S. The zero-order chi connectivity index (χ0) is 14.0.